The quantitative estimate of drug-likeness (QED) is 0.375. The van der Waals surface area contributed by atoms with Crippen LogP contribution in [0.4, 0.5) is 0 Å². The first kappa shape index (κ1) is 9.34. The van der Waals surface area contributed by atoms with Gasteiger partial charge in [0.05, 0.1) is 6.20 Å². The van der Waals surface area contributed by atoms with Crippen LogP contribution in [0.5, 0.6) is 0 Å². The van der Waals surface area contributed by atoms with Crippen LogP contribution >= 0.6 is 11.5 Å². The molecule has 0 unspecified atom stereocenters. The summed E-state index contributed by atoms with van der Waals surface area (Å²) in [6.45, 7) is 0. The molecule has 0 aliphatic heterocycles. The lowest BCUT2D eigenvalue weighted by molar-refractivity contribution is 0.0702. The summed E-state index contributed by atoms with van der Waals surface area (Å²) in [7, 11) is 0. The van der Waals surface area contributed by atoms with E-state index in [1.807, 2.05) is 0 Å². The molecule has 0 atom stereocenters. The maximum absolute atomic E-state index is 9.99. The molecule has 0 fully saturated rings. The Morgan fingerprint density at radius 1 is 1.91 bits per heavy atom. The fraction of sp³-hybridized carbons (Fsp3) is 0. The van der Waals surface area contributed by atoms with Gasteiger partial charge in [0.2, 0.25) is 0 Å². The van der Waals surface area contributed by atoms with Crippen molar-refractivity contribution < 1.29 is 9.90 Å². The highest BCUT2D eigenvalue weighted by Crippen LogP contribution is 1.99. The van der Waals surface area contributed by atoms with Gasteiger partial charge in [-0.05, 0) is 22.0 Å². The predicted molar refractivity (Wildman–Crippen MR) is 36.3 cm³/mol. The van der Waals surface area contributed by atoms with Crippen molar-refractivity contribution in [2.75, 3.05) is 0 Å². The van der Waals surface area contributed by atoms with Crippen LogP contribution in [0.3, 0.4) is 0 Å². The molecule has 0 amide bonds. The molecular weight excluding hydrogens is 170 g/mol. The molecule has 0 aromatic carbocycles. The molecule has 0 bridgehead atoms. The number of carboxylic acids is 1. The first-order valence-corrected chi connectivity index (χ1v) is 3.01. The molecule has 2 N–H and O–H groups in total. The Balaban J connectivity index is 0.000000292. The van der Waals surface area contributed by atoms with E-state index in [9.17, 15) is 4.79 Å². The van der Waals surface area contributed by atoms with Gasteiger partial charge < -0.3 is 5.11 Å². The van der Waals surface area contributed by atoms with Gasteiger partial charge in [0.25, 0.3) is 0 Å². The molecule has 1 aromatic rings. The van der Waals surface area contributed by atoms with Crippen molar-refractivity contribution in [2.45, 2.75) is 0 Å². The largest absolute Gasteiger partial charge is 0.477 e. The average molecular weight is 173 g/mol. The van der Waals surface area contributed by atoms with Gasteiger partial charge in [0, 0.05) is 0 Å². The van der Waals surface area contributed by atoms with Crippen molar-refractivity contribution in [3.8, 4) is 0 Å². The van der Waals surface area contributed by atoms with Gasteiger partial charge in [0.1, 0.15) is 0 Å². The smallest absolute Gasteiger partial charge is 0.349 e. The first-order valence-electron chi connectivity index (χ1n) is 2.23. The lowest BCUT2D eigenvalue weighted by Crippen LogP contribution is -1.89. The second-order valence-corrected chi connectivity index (χ2v) is 1.97. The minimum Gasteiger partial charge on any atom is -0.477 e. The van der Waals surface area contributed by atoms with Crippen molar-refractivity contribution in [1.82, 2.24) is 9.59 Å². The summed E-state index contributed by atoms with van der Waals surface area (Å²) in [6.07, 6.45) is 1.22. The second-order valence-electron chi connectivity index (χ2n) is 1.19. The molecule has 8 heteroatoms. The van der Waals surface area contributed by atoms with Gasteiger partial charge >= 0.3 is 5.97 Å². The SMILES string of the molecule is O=C(O)c1cnns1.[N-]=[N+]=N. The van der Waals surface area contributed by atoms with Crippen molar-refractivity contribution in [1.29, 1.82) is 5.53 Å². The molecule has 0 saturated heterocycles. The first-order chi connectivity index (χ1) is 5.22. The van der Waals surface area contributed by atoms with Gasteiger partial charge in [-0.15, -0.1) is 10.6 Å². The minimum absolute atomic E-state index is 0.171. The second kappa shape index (κ2) is 5.15. The van der Waals surface area contributed by atoms with E-state index in [0.717, 1.165) is 11.5 Å². The number of hydrogen-bond donors (Lipinski definition) is 2. The minimum atomic E-state index is -0.972. The van der Waals surface area contributed by atoms with E-state index in [4.69, 9.17) is 16.2 Å². The molecule has 11 heavy (non-hydrogen) atoms. The predicted octanol–water partition coefficient (Wildman–Crippen LogP) is 1.11. The third-order valence-electron chi connectivity index (χ3n) is 0.572. The molecule has 1 aromatic heterocycles. The van der Waals surface area contributed by atoms with E-state index >= 15 is 0 Å². The van der Waals surface area contributed by atoms with E-state index in [2.05, 4.69) is 9.59 Å². The molecule has 0 aliphatic carbocycles. The van der Waals surface area contributed by atoms with Gasteiger partial charge in [-0.1, -0.05) is 4.49 Å². The van der Waals surface area contributed by atoms with Crippen LogP contribution in [0.15, 0.2) is 6.20 Å². The van der Waals surface area contributed by atoms with E-state index in [0.29, 0.717) is 0 Å². The highest BCUT2D eigenvalue weighted by atomic mass is 32.1. The van der Waals surface area contributed by atoms with E-state index in [-0.39, 0.29) is 4.88 Å². The summed E-state index contributed by atoms with van der Waals surface area (Å²) in [4.78, 5) is 11.9. The Morgan fingerprint density at radius 2 is 2.45 bits per heavy atom. The zero-order valence-corrected chi connectivity index (χ0v) is 5.95. The van der Waals surface area contributed by atoms with Crippen LogP contribution in [0.2, 0.25) is 0 Å². The number of nitrogens with one attached hydrogen (secondary N) is 1. The van der Waals surface area contributed by atoms with E-state index < -0.39 is 5.97 Å². The fourth-order valence-electron chi connectivity index (χ4n) is 0.261. The Morgan fingerprint density at radius 3 is 2.64 bits per heavy atom. The van der Waals surface area contributed by atoms with Crippen LogP contribution in [0.1, 0.15) is 9.67 Å². The molecule has 0 aliphatic rings. The Kier molecular flexibility index (Phi) is 4.37. The van der Waals surface area contributed by atoms with Gasteiger partial charge in [-0.3, -0.25) is 0 Å². The van der Waals surface area contributed by atoms with Crippen LogP contribution in [0.25, 0.3) is 10.4 Å². The summed E-state index contributed by atoms with van der Waals surface area (Å²) < 4.78 is 3.35. The van der Waals surface area contributed by atoms with E-state index in [1.165, 1.54) is 6.20 Å². The number of hydrogen-bond acceptors (Lipinski definition) is 5. The average Bonchev–Trinajstić information content (AvgIpc) is 2.38. The fourth-order valence-corrected chi connectivity index (χ4v) is 0.616. The topological polar surface area (TPSA) is 123 Å². The van der Waals surface area contributed by atoms with Gasteiger partial charge in [-0.2, -0.15) is 0 Å². The third-order valence-corrected chi connectivity index (χ3v) is 1.22. The molecule has 0 radical (unpaired) electrons. The highest BCUT2D eigenvalue weighted by molar-refractivity contribution is 7.07. The summed E-state index contributed by atoms with van der Waals surface area (Å²) in [6, 6.07) is 0. The van der Waals surface area contributed by atoms with Crippen molar-refractivity contribution in [3.05, 3.63) is 21.5 Å². The van der Waals surface area contributed by atoms with Crippen LogP contribution < -0.4 is 0 Å². The molecule has 1 rings (SSSR count). The maximum atomic E-state index is 9.99. The zero-order valence-electron chi connectivity index (χ0n) is 5.13. The van der Waals surface area contributed by atoms with Crippen LogP contribution in [-0.4, -0.2) is 20.7 Å². The monoisotopic (exact) mass is 173 g/mol. The summed E-state index contributed by atoms with van der Waals surface area (Å²) in [5.41, 5.74) is 12.2. The number of aromatic carboxylic acids is 1. The Labute approximate surface area is 64.9 Å². The van der Waals surface area contributed by atoms with Gasteiger partial charge in [-0.25, -0.2) is 4.79 Å². The lowest BCUT2D eigenvalue weighted by atomic mass is 10.6. The third kappa shape index (κ3) is 3.84. The van der Waals surface area contributed by atoms with Crippen molar-refractivity contribution in [3.63, 3.8) is 0 Å². The molecule has 7 nitrogen and oxygen atoms in total. The lowest BCUT2D eigenvalue weighted by Gasteiger charge is -1.75. The van der Waals surface area contributed by atoms with Crippen molar-refractivity contribution >= 4 is 17.5 Å². The number of nitrogens with zero attached hydrogens (tertiary/aromatic N) is 4. The number of rotatable bonds is 1. The molecule has 0 spiro atoms. The maximum Gasteiger partial charge on any atom is 0.349 e. The van der Waals surface area contributed by atoms with E-state index in [1.54, 1.807) is 4.91 Å². The number of aromatic nitrogens is 2. The highest BCUT2D eigenvalue weighted by Gasteiger charge is 2.02. The summed E-state index contributed by atoms with van der Waals surface area (Å²) >= 11 is 0.870. The van der Waals surface area contributed by atoms with Gasteiger partial charge in [0.15, 0.2) is 4.88 Å². The molecule has 0 saturated carbocycles. The van der Waals surface area contributed by atoms with Crippen LogP contribution in [-0.2, 0) is 0 Å². The number of carbonyl (C=O) groups is 1. The standard InChI is InChI=1S/C3H2N2O2S.HN3/c6-3(7)2-1-4-5-8-2;1-3-2/h1H,(H,6,7);1H. The zero-order chi connectivity index (χ0) is 8.69. The summed E-state index contributed by atoms with van der Waals surface area (Å²) in [5, 5.41) is 11.5. The van der Waals surface area contributed by atoms with Crippen molar-refractivity contribution in [2.24, 2.45) is 0 Å². The molecule has 58 valence electrons. The molecule has 1 heterocycles. The number of carboxylic acid groups (broad SMARTS) is 1. The summed E-state index contributed by atoms with van der Waals surface area (Å²) in [5.74, 6) is -0.972. The molecular formula is C3H3N5O2S. The Hall–Kier alpha value is -1.66. The van der Waals surface area contributed by atoms with Crippen LogP contribution in [0, 0.1) is 5.53 Å². The normalized spacial score (nSPS) is 7.27. The Bertz CT molecular complexity index is 251.